The molecule has 2 aromatic carbocycles. The fourth-order valence-electron chi connectivity index (χ4n) is 3.14. The van der Waals surface area contributed by atoms with Crippen molar-refractivity contribution >= 4 is 17.6 Å². The Kier molecular flexibility index (Phi) is 8.13. The third-order valence-electron chi connectivity index (χ3n) is 5.05. The maximum atomic E-state index is 12.7. The Balaban J connectivity index is 1.64. The van der Waals surface area contributed by atoms with Crippen LogP contribution in [0.15, 0.2) is 47.0 Å². The number of rotatable bonds is 10. The van der Waals surface area contributed by atoms with E-state index in [1.807, 2.05) is 20.8 Å². The molecule has 0 fully saturated rings. The van der Waals surface area contributed by atoms with Crippen LogP contribution in [0.2, 0.25) is 0 Å². The predicted molar refractivity (Wildman–Crippen MR) is 124 cm³/mol. The second-order valence-corrected chi connectivity index (χ2v) is 7.42. The van der Waals surface area contributed by atoms with E-state index in [1.54, 1.807) is 36.4 Å². The lowest BCUT2D eigenvalue weighted by molar-refractivity contribution is -0.123. The van der Waals surface area contributed by atoms with Crippen molar-refractivity contribution in [3.8, 4) is 17.2 Å². The van der Waals surface area contributed by atoms with E-state index in [2.05, 4.69) is 10.5 Å². The Labute approximate surface area is 197 Å². The van der Waals surface area contributed by atoms with Crippen LogP contribution < -0.4 is 19.5 Å². The van der Waals surface area contributed by atoms with Gasteiger partial charge < -0.3 is 28.8 Å². The summed E-state index contributed by atoms with van der Waals surface area (Å²) < 4.78 is 27.2. The lowest BCUT2D eigenvalue weighted by atomic mass is 10.2. The van der Waals surface area contributed by atoms with Crippen LogP contribution in [0.1, 0.15) is 41.2 Å². The van der Waals surface area contributed by atoms with Gasteiger partial charge in [-0.2, -0.15) is 0 Å². The highest BCUT2D eigenvalue weighted by Crippen LogP contribution is 2.30. The summed E-state index contributed by atoms with van der Waals surface area (Å²) in [6.07, 6.45) is -1.04. The summed E-state index contributed by atoms with van der Waals surface area (Å²) >= 11 is 0. The molecule has 34 heavy (non-hydrogen) atoms. The zero-order valence-corrected chi connectivity index (χ0v) is 19.8. The van der Waals surface area contributed by atoms with Gasteiger partial charge in [0.1, 0.15) is 18.1 Å². The fourth-order valence-corrected chi connectivity index (χ4v) is 3.14. The minimum absolute atomic E-state index is 0.218. The van der Waals surface area contributed by atoms with E-state index in [0.29, 0.717) is 35.3 Å². The van der Waals surface area contributed by atoms with Crippen LogP contribution in [0.25, 0.3) is 0 Å². The molecule has 0 saturated heterocycles. The second kappa shape index (κ2) is 11.2. The van der Waals surface area contributed by atoms with Gasteiger partial charge in [0.05, 0.1) is 36.2 Å². The van der Waals surface area contributed by atoms with Crippen molar-refractivity contribution in [2.75, 3.05) is 19.0 Å². The number of amides is 1. The number of benzene rings is 2. The summed E-state index contributed by atoms with van der Waals surface area (Å²) in [6.45, 7) is 7.68. The van der Waals surface area contributed by atoms with Gasteiger partial charge in [-0.1, -0.05) is 17.3 Å². The van der Waals surface area contributed by atoms with E-state index < -0.39 is 18.0 Å². The smallest absolute Gasteiger partial charge is 0.339 e. The van der Waals surface area contributed by atoms with Crippen molar-refractivity contribution < 1.29 is 33.1 Å². The number of nitrogens with one attached hydrogen (secondary N) is 1. The lowest BCUT2D eigenvalue weighted by Gasteiger charge is -2.16. The topological polar surface area (TPSA) is 109 Å². The van der Waals surface area contributed by atoms with Crippen molar-refractivity contribution in [2.24, 2.45) is 0 Å². The average molecular weight is 469 g/mol. The quantitative estimate of drug-likeness (QED) is 0.434. The monoisotopic (exact) mass is 468 g/mol. The zero-order valence-electron chi connectivity index (χ0n) is 19.8. The Morgan fingerprint density at radius 3 is 2.50 bits per heavy atom. The van der Waals surface area contributed by atoms with Gasteiger partial charge in [0.15, 0.2) is 17.6 Å². The van der Waals surface area contributed by atoms with Crippen LogP contribution in [0, 0.1) is 13.8 Å². The summed E-state index contributed by atoms with van der Waals surface area (Å²) in [7, 11) is 1.47. The average Bonchev–Trinajstić information content (AvgIpc) is 3.15. The number of hydrogen-bond donors (Lipinski definition) is 1. The van der Waals surface area contributed by atoms with Gasteiger partial charge >= 0.3 is 5.97 Å². The fraction of sp³-hybridized carbons (Fsp3) is 0.320. The standard InChI is InChI=1S/C25H28N2O7/c1-6-31-21-10-8-7-9-20(21)26-24(28)17(4)33-25(29)18-11-12-22(23(13-18)30-5)32-14-19-15(2)27-34-16(19)3/h7-13,17H,6,14H2,1-5H3,(H,26,28). The van der Waals surface area contributed by atoms with Gasteiger partial charge in [-0.3, -0.25) is 4.79 Å². The normalized spacial score (nSPS) is 11.4. The number of esters is 1. The summed E-state index contributed by atoms with van der Waals surface area (Å²) in [5, 5.41) is 6.63. The molecule has 0 aliphatic heterocycles. The van der Waals surface area contributed by atoms with Crippen molar-refractivity contribution in [1.29, 1.82) is 0 Å². The molecular formula is C25H28N2O7. The first-order chi connectivity index (χ1) is 16.3. The number of hydrogen-bond acceptors (Lipinski definition) is 8. The SMILES string of the molecule is CCOc1ccccc1NC(=O)C(C)OC(=O)c1ccc(OCc2c(C)noc2C)c(OC)c1. The highest BCUT2D eigenvalue weighted by molar-refractivity contribution is 5.98. The number of carbonyl (C=O) groups is 2. The van der Waals surface area contributed by atoms with Crippen LogP contribution >= 0.6 is 0 Å². The first kappa shape index (κ1) is 24.6. The van der Waals surface area contributed by atoms with Gasteiger partial charge in [-0.15, -0.1) is 0 Å². The van der Waals surface area contributed by atoms with E-state index in [0.717, 1.165) is 11.3 Å². The molecular weight excluding hydrogens is 440 g/mol. The largest absolute Gasteiger partial charge is 0.493 e. The highest BCUT2D eigenvalue weighted by atomic mass is 16.5. The number of carbonyl (C=O) groups excluding carboxylic acids is 2. The van der Waals surface area contributed by atoms with Crippen molar-refractivity contribution in [3.05, 3.63) is 65.0 Å². The van der Waals surface area contributed by atoms with E-state index in [-0.39, 0.29) is 12.2 Å². The molecule has 0 aliphatic carbocycles. The first-order valence-corrected chi connectivity index (χ1v) is 10.8. The van der Waals surface area contributed by atoms with Crippen molar-refractivity contribution in [3.63, 3.8) is 0 Å². The van der Waals surface area contributed by atoms with Crippen LogP contribution in [0.4, 0.5) is 5.69 Å². The maximum Gasteiger partial charge on any atom is 0.339 e. The predicted octanol–water partition coefficient (Wildman–Crippen LogP) is 4.46. The Morgan fingerprint density at radius 2 is 1.82 bits per heavy atom. The van der Waals surface area contributed by atoms with E-state index in [9.17, 15) is 9.59 Å². The molecule has 9 heteroatoms. The molecule has 0 aliphatic rings. The molecule has 1 N–H and O–H groups in total. The van der Waals surface area contributed by atoms with Gasteiger partial charge in [0, 0.05) is 0 Å². The molecule has 0 saturated carbocycles. The molecule has 1 aromatic heterocycles. The van der Waals surface area contributed by atoms with E-state index >= 15 is 0 Å². The third kappa shape index (κ3) is 5.86. The minimum atomic E-state index is -1.04. The lowest BCUT2D eigenvalue weighted by Crippen LogP contribution is -2.30. The molecule has 1 heterocycles. The number of aromatic nitrogens is 1. The van der Waals surface area contributed by atoms with Gasteiger partial charge in [-0.05, 0) is 58.0 Å². The summed E-state index contributed by atoms with van der Waals surface area (Å²) in [5.74, 6) is 0.853. The molecule has 9 nitrogen and oxygen atoms in total. The van der Waals surface area contributed by atoms with Crippen LogP contribution in [0.5, 0.6) is 17.2 Å². The molecule has 0 radical (unpaired) electrons. The Morgan fingerprint density at radius 1 is 1.06 bits per heavy atom. The van der Waals surface area contributed by atoms with Gasteiger partial charge in [0.2, 0.25) is 0 Å². The molecule has 1 amide bonds. The molecule has 1 atom stereocenters. The highest BCUT2D eigenvalue weighted by Gasteiger charge is 2.21. The number of methoxy groups -OCH3 is 1. The number of anilines is 1. The van der Waals surface area contributed by atoms with Crippen molar-refractivity contribution in [2.45, 2.75) is 40.4 Å². The molecule has 3 aromatic rings. The number of nitrogens with zero attached hydrogens (tertiary/aromatic N) is 1. The van der Waals surface area contributed by atoms with Gasteiger partial charge in [0.25, 0.3) is 5.91 Å². The molecule has 0 spiro atoms. The zero-order chi connectivity index (χ0) is 24.7. The molecule has 3 rings (SSSR count). The Hall–Kier alpha value is -4.01. The number of ether oxygens (including phenoxy) is 4. The molecule has 1 unspecified atom stereocenters. The summed E-state index contributed by atoms with van der Waals surface area (Å²) in [5.41, 5.74) is 2.30. The van der Waals surface area contributed by atoms with Crippen molar-refractivity contribution in [1.82, 2.24) is 5.16 Å². The summed E-state index contributed by atoms with van der Waals surface area (Å²) in [6, 6.07) is 11.7. The minimum Gasteiger partial charge on any atom is -0.493 e. The Bertz CT molecular complexity index is 1140. The van der Waals surface area contributed by atoms with Crippen LogP contribution in [-0.2, 0) is 16.1 Å². The first-order valence-electron chi connectivity index (χ1n) is 10.8. The third-order valence-corrected chi connectivity index (χ3v) is 5.05. The maximum absolute atomic E-state index is 12.7. The van der Waals surface area contributed by atoms with Crippen LogP contribution in [0.3, 0.4) is 0 Å². The van der Waals surface area contributed by atoms with E-state index in [1.165, 1.54) is 20.1 Å². The van der Waals surface area contributed by atoms with Gasteiger partial charge in [-0.25, -0.2) is 4.79 Å². The second-order valence-electron chi connectivity index (χ2n) is 7.42. The number of aryl methyl sites for hydroxylation is 2. The summed E-state index contributed by atoms with van der Waals surface area (Å²) in [4.78, 5) is 25.2. The molecule has 180 valence electrons. The van der Waals surface area contributed by atoms with Crippen LogP contribution in [-0.4, -0.2) is 36.9 Å². The van der Waals surface area contributed by atoms with E-state index in [4.69, 9.17) is 23.5 Å². The molecule has 0 bridgehead atoms. The number of para-hydroxylation sites is 2.